The Morgan fingerprint density at radius 1 is 0.433 bits per heavy atom. The zero-order valence-electron chi connectivity index (χ0n) is 33.4. The molecule has 0 saturated heterocycles. The fourth-order valence-electron chi connectivity index (χ4n) is 8.89. The van der Waals surface area contributed by atoms with Gasteiger partial charge in [0, 0.05) is 44.8 Å². The van der Waals surface area contributed by atoms with Crippen LogP contribution in [0.2, 0.25) is 0 Å². The lowest BCUT2D eigenvalue weighted by Gasteiger charge is -2.29. The first kappa shape index (κ1) is 35.5. The van der Waals surface area contributed by atoms with Crippen molar-refractivity contribution in [3.63, 3.8) is 0 Å². The summed E-state index contributed by atoms with van der Waals surface area (Å²) in [6.07, 6.45) is 7.97. The van der Waals surface area contributed by atoms with Crippen molar-refractivity contribution in [3.8, 4) is 22.3 Å². The second-order valence-corrected chi connectivity index (χ2v) is 15.9. The Balaban J connectivity index is 1.04. The molecular weight excluding hydrogens is 729 g/mol. The van der Waals surface area contributed by atoms with Gasteiger partial charge >= 0.3 is 0 Å². The summed E-state index contributed by atoms with van der Waals surface area (Å²) in [5.74, 6) is 0.447. The third-order valence-corrected chi connectivity index (χ3v) is 11.9. The molecule has 10 aromatic rings. The van der Waals surface area contributed by atoms with Gasteiger partial charge in [-0.05, 0) is 136 Å². The molecule has 1 aromatic heterocycles. The Kier molecular flexibility index (Phi) is 8.86. The second-order valence-electron chi connectivity index (χ2n) is 15.9. The van der Waals surface area contributed by atoms with Gasteiger partial charge in [0.1, 0.15) is 11.2 Å². The molecule has 1 heterocycles. The number of hydrogen-bond donors (Lipinski definition) is 0. The number of allylic oxidation sites excluding steroid dienone is 3. The van der Waals surface area contributed by atoms with Crippen LogP contribution in [0.5, 0.6) is 0 Å². The Hall–Kier alpha value is -7.62. The maximum atomic E-state index is 6.22. The fraction of sp³-hybridized carbons (Fsp3) is 0.0526. The maximum absolute atomic E-state index is 6.22. The zero-order chi connectivity index (χ0) is 40.0. The van der Waals surface area contributed by atoms with Gasteiger partial charge in [0.15, 0.2) is 0 Å². The molecule has 9 aromatic carbocycles. The number of nitrogens with zero attached hydrogens (tertiary/aromatic N) is 2. The number of benzene rings is 9. The highest BCUT2D eigenvalue weighted by molar-refractivity contribution is 6.06. The van der Waals surface area contributed by atoms with Gasteiger partial charge in [-0.3, -0.25) is 0 Å². The van der Waals surface area contributed by atoms with Crippen LogP contribution in [0.1, 0.15) is 13.3 Å². The average Bonchev–Trinajstić information content (AvgIpc) is 3.68. The van der Waals surface area contributed by atoms with Gasteiger partial charge in [0.05, 0.1) is 5.69 Å². The normalized spacial score (nSPS) is 13.9. The standard InChI is InChI=1S/C57H42N2O/c1-39-12-11-19-49(34-39)58(51-31-33-57-54(38-51)52-20-9-10-21-56(52)60-57)48-28-24-42(25-29-48)45-27-32-55(53(37-45)46-23-22-40-13-5-7-15-43(40)35-46)59(47-17-3-2-4-18-47)50-30-26-41-14-6-8-16-44(41)36-50/h2-11,13-39H,12H2,1H3. The molecule has 0 amide bonds. The molecule has 0 spiro atoms. The number of para-hydroxylation sites is 2. The van der Waals surface area contributed by atoms with Gasteiger partial charge in [-0.15, -0.1) is 0 Å². The molecule has 0 N–H and O–H groups in total. The van der Waals surface area contributed by atoms with Crippen LogP contribution >= 0.6 is 0 Å². The minimum Gasteiger partial charge on any atom is -0.456 e. The quantitative estimate of drug-likeness (QED) is 0.153. The molecule has 1 aliphatic carbocycles. The highest BCUT2D eigenvalue weighted by atomic mass is 16.3. The number of rotatable bonds is 8. The first-order chi connectivity index (χ1) is 29.6. The van der Waals surface area contributed by atoms with E-state index in [2.05, 4.69) is 223 Å². The third kappa shape index (κ3) is 6.51. The molecule has 3 heteroatoms. The lowest BCUT2D eigenvalue weighted by Crippen LogP contribution is -2.17. The number of fused-ring (bicyclic) bond motifs is 5. The number of hydrogen-bond acceptors (Lipinski definition) is 3. The van der Waals surface area contributed by atoms with E-state index in [1.165, 1.54) is 32.8 Å². The molecule has 286 valence electrons. The molecule has 0 radical (unpaired) electrons. The van der Waals surface area contributed by atoms with Gasteiger partial charge in [-0.25, -0.2) is 0 Å². The van der Waals surface area contributed by atoms with Crippen molar-refractivity contribution in [2.24, 2.45) is 5.92 Å². The van der Waals surface area contributed by atoms with Gasteiger partial charge in [0.25, 0.3) is 0 Å². The van der Waals surface area contributed by atoms with Crippen LogP contribution in [0, 0.1) is 5.92 Å². The summed E-state index contributed by atoms with van der Waals surface area (Å²) >= 11 is 0. The summed E-state index contributed by atoms with van der Waals surface area (Å²) in [5.41, 5.74) is 13.2. The number of furan rings is 1. The Morgan fingerprint density at radius 2 is 1.03 bits per heavy atom. The SMILES string of the molecule is CC1C=C(N(c2ccc(-c3ccc(N(c4ccccc4)c4ccc5ccccc5c4)c(-c4ccc5ccccc5c4)c3)cc2)c2ccc3oc4ccccc4c3c2)C=CC1. The minimum absolute atomic E-state index is 0.447. The molecule has 1 atom stereocenters. The first-order valence-corrected chi connectivity index (χ1v) is 20.8. The number of anilines is 5. The van der Waals surface area contributed by atoms with Gasteiger partial charge < -0.3 is 14.2 Å². The van der Waals surface area contributed by atoms with Gasteiger partial charge in [-0.2, -0.15) is 0 Å². The highest BCUT2D eigenvalue weighted by Gasteiger charge is 2.21. The summed E-state index contributed by atoms with van der Waals surface area (Å²) in [7, 11) is 0. The van der Waals surface area contributed by atoms with Gasteiger partial charge in [-0.1, -0.05) is 140 Å². The molecule has 3 nitrogen and oxygen atoms in total. The molecule has 60 heavy (non-hydrogen) atoms. The van der Waals surface area contributed by atoms with Crippen LogP contribution in [0.3, 0.4) is 0 Å². The minimum atomic E-state index is 0.447. The first-order valence-electron chi connectivity index (χ1n) is 20.8. The predicted molar refractivity (Wildman–Crippen MR) is 254 cm³/mol. The zero-order valence-corrected chi connectivity index (χ0v) is 33.4. The smallest absolute Gasteiger partial charge is 0.135 e. The molecule has 1 unspecified atom stereocenters. The molecule has 11 rings (SSSR count). The van der Waals surface area contributed by atoms with E-state index in [1.54, 1.807) is 0 Å². The van der Waals surface area contributed by atoms with Crippen molar-refractivity contribution in [1.82, 2.24) is 0 Å². The van der Waals surface area contributed by atoms with Crippen LogP contribution in [0.4, 0.5) is 28.4 Å². The van der Waals surface area contributed by atoms with E-state index < -0.39 is 0 Å². The lowest BCUT2D eigenvalue weighted by molar-refractivity contribution is 0.669. The van der Waals surface area contributed by atoms with Crippen LogP contribution < -0.4 is 9.80 Å². The van der Waals surface area contributed by atoms with E-state index in [4.69, 9.17) is 4.42 Å². The van der Waals surface area contributed by atoms with Gasteiger partial charge in [0.2, 0.25) is 0 Å². The van der Waals surface area contributed by atoms with Crippen molar-refractivity contribution in [3.05, 3.63) is 224 Å². The van der Waals surface area contributed by atoms with Crippen LogP contribution in [-0.4, -0.2) is 0 Å². The molecule has 1 aliphatic rings. The van der Waals surface area contributed by atoms with Crippen LogP contribution in [-0.2, 0) is 0 Å². The summed E-state index contributed by atoms with van der Waals surface area (Å²) in [5, 5.41) is 7.12. The Labute approximate surface area is 350 Å². The Bertz CT molecular complexity index is 3260. The lowest BCUT2D eigenvalue weighted by atomic mass is 9.94. The predicted octanol–water partition coefficient (Wildman–Crippen LogP) is 16.3. The van der Waals surface area contributed by atoms with E-state index >= 15 is 0 Å². The summed E-state index contributed by atoms with van der Waals surface area (Å²) in [6, 6.07) is 72.3. The van der Waals surface area contributed by atoms with Crippen molar-refractivity contribution in [2.45, 2.75) is 13.3 Å². The van der Waals surface area contributed by atoms with Crippen LogP contribution in [0.15, 0.2) is 229 Å². The summed E-state index contributed by atoms with van der Waals surface area (Å²) in [6.45, 7) is 2.28. The summed E-state index contributed by atoms with van der Waals surface area (Å²) < 4.78 is 6.22. The average molecular weight is 771 g/mol. The maximum Gasteiger partial charge on any atom is 0.135 e. The largest absolute Gasteiger partial charge is 0.456 e. The summed E-state index contributed by atoms with van der Waals surface area (Å²) in [4.78, 5) is 4.77. The van der Waals surface area contributed by atoms with E-state index in [0.29, 0.717) is 5.92 Å². The van der Waals surface area contributed by atoms with Crippen molar-refractivity contribution in [1.29, 1.82) is 0 Å². The van der Waals surface area contributed by atoms with E-state index in [0.717, 1.165) is 73.5 Å². The van der Waals surface area contributed by atoms with Crippen molar-refractivity contribution >= 4 is 71.9 Å². The molecule has 0 aliphatic heterocycles. The molecular formula is C57H42N2O. The highest BCUT2D eigenvalue weighted by Crippen LogP contribution is 2.45. The topological polar surface area (TPSA) is 19.6 Å². The van der Waals surface area contributed by atoms with E-state index in [1.807, 2.05) is 12.1 Å². The van der Waals surface area contributed by atoms with E-state index in [9.17, 15) is 0 Å². The van der Waals surface area contributed by atoms with Crippen LogP contribution in [0.25, 0.3) is 65.7 Å². The molecule has 0 bridgehead atoms. The fourth-order valence-corrected chi connectivity index (χ4v) is 8.89. The van der Waals surface area contributed by atoms with Crippen molar-refractivity contribution < 1.29 is 4.42 Å². The second kappa shape index (κ2) is 15.0. The molecule has 0 fully saturated rings. The monoisotopic (exact) mass is 770 g/mol. The van der Waals surface area contributed by atoms with Crippen molar-refractivity contribution in [2.75, 3.05) is 9.80 Å². The third-order valence-electron chi connectivity index (χ3n) is 11.9. The molecule has 0 saturated carbocycles. The Morgan fingerprint density at radius 3 is 1.83 bits per heavy atom. The van der Waals surface area contributed by atoms with E-state index in [-0.39, 0.29) is 0 Å².